The maximum atomic E-state index is 9.73. The highest BCUT2D eigenvalue weighted by atomic mass is 35.5. The minimum atomic E-state index is -0.293. The zero-order chi connectivity index (χ0) is 22.2. The molecule has 5 rings (SSSR count). The first-order chi connectivity index (χ1) is 15.5. The molecule has 0 amide bonds. The number of thiocarbonyl (C=S) groups is 1. The topological polar surface area (TPSA) is 61.5 Å². The lowest BCUT2D eigenvalue weighted by Crippen LogP contribution is -2.29. The van der Waals surface area contributed by atoms with Crippen LogP contribution < -0.4 is 10.2 Å². The van der Waals surface area contributed by atoms with E-state index in [-0.39, 0.29) is 17.8 Å². The van der Waals surface area contributed by atoms with Gasteiger partial charge in [0.1, 0.15) is 23.3 Å². The van der Waals surface area contributed by atoms with Crippen molar-refractivity contribution in [2.75, 3.05) is 4.90 Å². The Morgan fingerprint density at radius 3 is 2.50 bits per heavy atom. The molecule has 0 unspecified atom stereocenters. The molecule has 1 fully saturated rings. The van der Waals surface area contributed by atoms with E-state index < -0.39 is 0 Å². The molecule has 8 heteroatoms. The zero-order valence-corrected chi connectivity index (χ0v) is 18.9. The maximum absolute atomic E-state index is 9.73. The predicted molar refractivity (Wildman–Crippen MR) is 130 cm³/mol. The first-order valence-corrected chi connectivity index (χ1v) is 11.0. The molecule has 4 aromatic rings. The van der Waals surface area contributed by atoms with Gasteiger partial charge >= 0.3 is 0 Å². The van der Waals surface area contributed by atoms with Crippen molar-refractivity contribution in [2.24, 2.45) is 0 Å². The van der Waals surface area contributed by atoms with Gasteiger partial charge < -0.3 is 19.7 Å². The van der Waals surface area contributed by atoms with E-state index in [1.165, 1.54) is 0 Å². The minimum absolute atomic E-state index is 0.185. The Balaban J connectivity index is 1.59. The van der Waals surface area contributed by atoms with Crippen LogP contribution in [0.4, 0.5) is 5.69 Å². The van der Waals surface area contributed by atoms with Crippen LogP contribution in [0.25, 0.3) is 11.3 Å². The van der Waals surface area contributed by atoms with E-state index in [2.05, 4.69) is 10.3 Å². The van der Waals surface area contributed by atoms with Gasteiger partial charge in [0.05, 0.1) is 21.8 Å². The van der Waals surface area contributed by atoms with E-state index in [9.17, 15) is 5.11 Å². The zero-order valence-electron chi connectivity index (χ0n) is 16.6. The van der Waals surface area contributed by atoms with Gasteiger partial charge in [-0.15, -0.1) is 0 Å². The molecule has 2 N–H and O–H groups in total. The van der Waals surface area contributed by atoms with E-state index in [1.54, 1.807) is 30.5 Å². The third-order valence-electron chi connectivity index (χ3n) is 5.35. The van der Waals surface area contributed by atoms with E-state index in [1.807, 2.05) is 53.4 Å². The van der Waals surface area contributed by atoms with E-state index in [0.29, 0.717) is 26.7 Å². The van der Waals surface area contributed by atoms with Crippen molar-refractivity contribution in [1.29, 1.82) is 0 Å². The molecule has 0 radical (unpaired) electrons. The fourth-order valence-electron chi connectivity index (χ4n) is 3.85. The third kappa shape index (κ3) is 3.81. The van der Waals surface area contributed by atoms with Crippen molar-refractivity contribution in [1.82, 2.24) is 10.3 Å². The summed E-state index contributed by atoms with van der Waals surface area (Å²) in [6.07, 6.45) is 1.75. The van der Waals surface area contributed by atoms with Gasteiger partial charge in [-0.25, -0.2) is 0 Å². The van der Waals surface area contributed by atoms with Crippen LogP contribution in [0.3, 0.4) is 0 Å². The monoisotopic (exact) mass is 481 g/mol. The van der Waals surface area contributed by atoms with E-state index in [4.69, 9.17) is 39.8 Å². The number of aromatic nitrogens is 1. The van der Waals surface area contributed by atoms with Crippen LogP contribution in [0.2, 0.25) is 10.0 Å². The number of furan rings is 1. The van der Waals surface area contributed by atoms with Gasteiger partial charge in [-0.1, -0.05) is 29.3 Å². The summed E-state index contributed by atoms with van der Waals surface area (Å²) in [5.41, 5.74) is 2.49. The summed E-state index contributed by atoms with van der Waals surface area (Å²) < 4.78 is 6.30. The molecule has 0 spiro atoms. The Morgan fingerprint density at radius 2 is 1.78 bits per heavy atom. The van der Waals surface area contributed by atoms with Crippen molar-refractivity contribution >= 4 is 46.2 Å². The Bertz CT molecular complexity index is 1280. The second-order valence-corrected chi connectivity index (χ2v) is 8.55. The number of rotatable bonds is 4. The highest BCUT2D eigenvalue weighted by Crippen LogP contribution is 2.43. The summed E-state index contributed by atoms with van der Waals surface area (Å²) in [5.74, 6) is 1.56. The van der Waals surface area contributed by atoms with Crippen LogP contribution in [-0.4, -0.2) is 15.2 Å². The SMILES string of the molecule is Oc1ccc(N2C(=S)N[C@@H](c3ccccn3)[C@H]2c2ccc(-c3ccc(Cl)c(Cl)c3)o2)cc1. The first-order valence-electron chi connectivity index (χ1n) is 9.86. The van der Waals surface area contributed by atoms with Crippen LogP contribution in [0.5, 0.6) is 5.75 Å². The van der Waals surface area contributed by atoms with Crippen molar-refractivity contribution in [3.8, 4) is 17.1 Å². The summed E-state index contributed by atoms with van der Waals surface area (Å²) in [4.78, 5) is 6.51. The molecule has 3 heterocycles. The minimum Gasteiger partial charge on any atom is -0.508 e. The molecule has 1 aliphatic rings. The number of aromatic hydroxyl groups is 1. The molecule has 2 aromatic carbocycles. The smallest absolute Gasteiger partial charge is 0.174 e. The summed E-state index contributed by atoms with van der Waals surface area (Å²) >= 11 is 18.0. The molecule has 0 bridgehead atoms. The van der Waals surface area contributed by atoms with Crippen LogP contribution in [-0.2, 0) is 0 Å². The second kappa shape index (κ2) is 8.47. The van der Waals surface area contributed by atoms with Crippen LogP contribution in [0.15, 0.2) is 83.4 Å². The number of halogens is 2. The fourth-order valence-corrected chi connectivity index (χ4v) is 4.50. The van der Waals surface area contributed by atoms with Gasteiger partial charge in [-0.05, 0) is 78.9 Å². The van der Waals surface area contributed by atoms with E-state index >= 15 is 0 Å². The largest absolute Gasteiger partial charge is 0.508 e. The van der Waals surface area contributed by atoms with Gasteiger partial charge in [0.2, 0.25) is 0 Å². The molecular weight excluding hydrogens is 465 g/mol. The fraction of sp³-hybridized carbons (Fsp3) is 0.0833. The summed E-state index contributed by atoms with van der Waals surface area (Å²) in [7, 11) is 0. The maximum Gasteiger partial charge on any atom is 0.174 e. The summed E-state index contributed by atoms with van der Waals surface area (Å²) in [6, 6.07) is 21.4. The van der Waals surface area contributed by atoms with Gasteiger partial charge in [-0.2, -0.15) is 0 Å². The number of anilines is 1. The molecule has 2 atom stereocenters. The quantitative estimate of drug-likeness (QED) is 0.323. The summed E-state index contributed by atoms with van der Waals surface area (Å²) in [6.45, 7) is 0. The normalized spacial score (nSPS) is 18.1. The van der Waals surface area contributed by atoms with Gasteiger partial charge in [0.15, 0.2) is 5.11 Å². The number of benzene rings is 2. The van der Waals surface area contributed by atoms with Gasteiger partial charge in [0.25, 0.3) is 0 Å². The highest BCUT2D eigenvalue weighted by molar-refractivity contribution is 7.80. The molecule has 2 aromatic heterocycles. The predicted octanol–water partition coefficient (Wildman–Crippen LogP) is 6.53. The number of phenolic OH excluding ortho intramolecular Hbond substituents is 1. The van der Waals surface area contributed by atoms with Crippen molar-refractivity contribution in [3.63, 3.8) is 0 Å². The molecule has 5 nitrogen and oxygen atoms in total. The van der Waals surface area contributed by atoms with Gasteiger partial charge in [-0.3, -0.25) is 4.98 Å². The molecule has 1 aliphatic heterocycles. The van der Waals surface area contributed by atoms with Crippen LogP contribution in [0, 0.1) is 0 Å². The number of pyridine rings is 1. The number of hydrogen-bond donors (Lipinski definition) is 2. The average Bonchev–Trinajstić information content (AvgIpc) is 3.41. The highest BCUT2D eigenvalue weighted by Gasteiger charge is 2.42. The van der Waals surface area contributed by atoms with Crippen molar-refractivity contribution in [2.45, 2.75) is 12.1 Å². The molecule has 0 saturated carbocycles. The average molecular weight is 482 g/mol. The standard InChI is InChI=1S/C24H17Cl2N3O2S/c25-17-9-4-14(13-18(17)26)20-10-11-21(31-20)23-22(19-3-1-2-12-27-19)28-24(32)29(23)15-5-7-16(30)8-6-15/h1-13,22-23,30H,(H,28,32)/t22-,23+/m0/s1. The Kier molecular flexibility index (Phi) is 5.51. The number of nitrogens with zero attached hydrogens (tertiary/aromatic N) is 2. The Morgan fingerprint density at radius 1 is 0.969 bits per heavy atom. The lowest BCUT2D eigenvalue weighted by atomic mass is 10.0. The first kappa shape index (κ1) is 20.8. The number of nitrogens with one attached hydrogen (secondary N) is 1. The van der Waals surface area contributed by atoms with Crippen LogP contribution >= 0.6 is 35.4 Å². The van der Waals surface area contributed by atoms with Crippen molar-refractivity contribution in [3.05, 3.63) is 100 Å². The number of phenols is 1. The molecular formula is C24H17Cl2N3O2S. The Labute approximate surface area is 200 Å². The molecule has 0 aliphatic carbocycles. The summed E-state index contributed by atoms with van der Waals surface area (Å²) in [5, 5.41) is 14.6. The van der Waals surface area contributed by atoms with Crippen molar-refractivity contribution < 1.29 is 9.52 Å². The third-order valence-corrected chi connectivity index (χ3v) is 6.40. The molecule has 160 valence electrons. The lowest BCUT2D eigenvalue weighted by molar-refractivity contribution is 0.439. The molecule has 32 heavy (non-hydrogen) atoms. The van der Waals surface area contributed by atoms with Crippen LogP contribution in [0.1, 0.15) is 23.5 Å². The Hall–Kier alpha value is -3.06. The lowest BCUT2D eigenvalue weighted by Gasteiger charge is -2.26. The number of hydrogen-bond acceptors (Lipinski definition) is 4. The second-order valence-electron chi connectivity index (χ2n) is 7.34. The van der Waals surface area contributed by atoms with E-state index in [0.717, 1.165) is 16.9 Å². The van der Waals surface area contributed by atoms with Gasteiger partial charge in [0, 0.05) is 17.4 Å². The molecule has 1 saturated heterocycles.